The van der Waals surface area contributed by atoms with Gasteiger partial charge in [0.05, 0.1) is 27.9 Å². The monoisotopic (exact) mass is 335 g/mol. The first-order valence-electron chi connectivity index (χ1n) is 7.67. The van der Waals surface area contributed by atoms with Crippen LogP contribution in [-0.4, -0.2) is 14.8 Å². The van der Waals surface area contributed by atoms with E-state index in [1.165, 1.54) is 11.8 Å². The minimum atomic E-state index is -0.298. The highest BCUT2D eigenvalue weighted by Gasteiger charge is 2.18. The summed E-state index contributed by atoms with van der Waals surface area (Å²) >= 11 is 1.30. The minimum Gasteiger partial charge on any atom is -0.268 e. The van der Waals surface area contributed by atoms with Gasteiger partial charge in [-0.15, -0.1) is 0 Å². The molecule has 3 rings (SSSR count). The fraction of sp³-hybridized carbons (Fsp3) is 0.211. The molecule has 2 aromatic carbocycles. The molecular formula is C19H17N3OS. The van der Waals surface area contributed by atoms with Crippen molar-refractivity contribution in [3.63, 3.8) is 0 Å². The number of rotatable bonds is 3. The van der Waals surface area contributed by atoms with Gasteiger partial charge in [0, 0.05) is 0 Å². The molecule has 3 aromatic rings. The van der Waals surface area contributed by atoms with Crippen LogP contribution in [0.1, 0.15) is 18.1 Å². The van der Waals surface area contributed by atoms with Gasteiger partial charge in [-0.05, 0) is 44.0 Å². The maximum atomic E-state index is 13.2. The normalized spacial score (nSPS) is 12.1. The van der Waals surface area contributed by atoms with Crippen LogP contribution in [0.4, 0.5) is 0 Å². The number of para-hydroxylation sites is 2. The van der Waals surface area contributed by atoms with Crippen LogP contribution in [0.25, 0.3) is 16.6 Å². The molecule has 120 valence electrons. The van der Waals surface area contributed by atoms with E-state index in [0.29, 0.717) is 16.1 Å². The van der Waals surface area contributed by atoms with Crippen molar-refractivity contribution in [1.29, 1.82) is 5.26 Å². The highest BCUT2D eigenvalue weighted by molar-refractivity contribution is 8.00. The van der Waals surface area contributed by atoms with E-state index in [-0.39, 0.29) is 10.8 Å². The third-order valence-corrected chi connectivity index (χ3v) is 4.82. The molecule has 0 fully saturated rings. The van der Waals surface area contributed by atoms with Crippen molar-refractivity contribution in [2.45, 2.75) is 31.2 Å². The Morgan fingerprint density at radius 3 is 2.46 bits per heavy atom. The second-order valence-corrected chi connectivity index (χ2v) is 6.99. The van der Waals surface area contributed by atoms with Gasteiger partial charge in [-0.25, -0.2) is 4.98 Å². The van der Waals surface area contributed by atoms with Crippen LogP contribution < -0.4 is 5.56 Å². The number of thioether (sulfide) groups is 1. The summed E-state index contributed by atoms with van der Waals surface area (Å²) in [6.45, 7) is 5.76. The maximum Gasteiger partial charge on any atom is 0.266 e. The molecule has 0 bridgehead atoms. The average Bonchev–Trinajstić information content (AvgIpc) is 2.57. The van der Waals surface area contributed by atoms with Gasteiger partial charge in [-0.2, -0.15) is 5.26 Å². The van der Waals surface area contributed by atoms with Gasteiger partial charge in [0.2, 0.25) is 0 Å². The lowest BCUT2D eigenvalue weighted by Crippen LogP contribution is -2.23. The Labute approximate surface area is 144 Å². The summed E-state index contributed by atoms with van der Waals surface area (Å²) in [6.07, 6.45) is 0. The number of aromatic nitrogens is 2. The standard InChI is InChI=1S/C19H17N3OS/c1-12-7-6-8-13(2)17(12)22-18(23)15-9-4-5-10-16(15)21-19(22)24-14(3)11-20/h4-10,14H,1-3H3/t14-/m1/s1. The lowest BCUT2D eigenvalue weighted by Gasteiger charge is -2.17. The van der Waals surface area contributed by atoms with Gasteiger partial charge in [0.1, 0.15) is 0 Å². The van der Waals surface area contributed by atoms with Crippen LogP contribution >= 0.6 is 11.8 Å². The zero-order valence-corrected chi connectivity index (χ0v) is 14.6. The number of fused-ring (bicyclic) bond motifs is 1. The zero-order chi connectivity index (χ0) is 17.3. The zero-order valence-electron chi connectivity index (χ0n) is 13.8. The molecule has 4 nitrogen and oxygen atoms in total. The fourth-order valence-corrected chi connectivity index (χ4v) is 3.53. The minimum absolute atomic E-state index is 0.106. The fourth-order valence-electron chi connectivity index (χ4n) is 2.73. The van der Waals surface area contributed by atoms with E-state index < -0.39 is 0 Å². The highest BCUT2D eigenvalue weighted by atomic mass is 32.2. The predicted octanol–water partition coefficient (Wildman–Crippen LogP) is 4.01. The second-order valence-electron chi connectivity index (χ2n) is 5.68. The first-order valence-corrected chi connectivity index (χ1v) is 8.55. The summed E-state index contributed by atoms with van der Waals surface area (Å²) in [4.78, 5) is 17.8. The van der Waals surface area contributed by atoms with Crippen LogP contribution in [0.5, 0.6) is 0 Å². The van der Waals surface area contributed by atoms with Crippen molar-refractivity contribution in [3.8, 4) is 11.8 Å². The van der Waals surface area contributed by atoms with Crippen LogP contribution in [0, 0.1) is 25.2 Å². The molecular weight excluding hydrogens is 318 g/mol. The summed E-state index contributed by atoms with van der Waals surface area (Å²) in [5, 5.41) is 9.99. The van der Waals surface area contributed by atoms with Crippen molar-refractivity contribution in [2.24, 2.45) is 0 Å². The number of nitrogens with zero attached hydrogens (tertiary/aromatic N) is 3. The lowest BCUT2D eigenvalue weighted by atomic mass is 10.1. The average molecular weight is 335 g/mol. The summed E-state index contributed by atoms with van der Waals surface area (Å²) in [7, 11) is 0. The summed E-state index contributed by atoms with van der Waals surface area (Å²) in [5.41, 5.74) is 3.39. The van der Waals surface area contributed by atoms with Gasteiger partial charge in [-0.3, -0.25) is 9.36 Å². The van der Waals surface area contributed by atoms with E-state index >= 15 is 0 Å². The molecule has 0 radical (unpaired) electrons. The van der Waals surface area contributed by atoms with E-state index in [1.807, 2.05) is 50.2 Å². The molecule has 24 heavy (non-hydrogen) atoms. The number of hydrogen-bond donors (Lipinski definition) is 0. The molecule has 0 unspecified atom stereocenters. The van der Waals surface area contributed by atoms with Gasteiger partial charge >= 0.3 is 0 Å². The summed E-state index contributed by atoms with van der Waals surface area (Å²) in [5.74, 6) is 0. The molecule has 0 aliphatic carbocycles. The van der Waals surface area contributed by atoms with Crippen LogP contribution in [-0.2, 0) is 0 Å². The van der Waals surface area contributed by atoms with Crippen molar-refractivity contribution >= 4 is 22.7 Å². The number of nitriles is 1. The Kier molecular flexibility index (Phi) is 4.41. The molecule has 0 amide bonds. The van der Waals surface area contributed by atoms with Crippen LogP contribution in [0.2, 0.25) is 0 Å². The van der Waals surface area contributed by atoms with E-state index in [4.69, 9.17) is 5.26 Å². The third-order valence-electron chi connectivity index (χ3n) is 3.87. The van der Waals surface area contributed by atoms with Gasteiger partial charge in [-0.1, -0.05) is 42.1 Å². The largest absolute Gasteiger partial charge is 0.268 e. The molecule has 0 spiro atoms. The SMILES string of the molecule is Cc1cccc(C)c1-n1c(S[C@H](C)C#N)nc2ccccc2c1=O. The number of hydrogen-bond acceptors (Lipinski definition) is 4. The Morgan fingerprint density at radius 1 is 1.12 bits per heavy atom. The summed E-state index contributed by atoms with van der Waals surface area (Å²) in [6, 6.07) is 15.4. The van der Waals surface area contributed by atoms with E-state index in [9.17, 15) is 4.79 Å². The Balaban J connectivity index is 2.40. The van der Waals surface area contributed by atoms with Gasteiger partial charge < -0.3 is 0 Å². The van der Waals surface area contributed by atoms with E-state index in [1.54, 1.807) is 17.6 Å². The number of benzene rings is 2. The van der Waals surface area contributed by atoms with E-state index in [0.717, 1.165) is 16.8 Å². The van der Waals surface area contributed by atoms with Crippen molar-refractivity contribution < 1.29 is 0 Å². The predicted molar refractivity (Wildman–Crippen MR) is 97.7 cm³/mol. The Morgan fingerprint density at radius 2 is 1.79 bits per heavy atom. The topological polar surface area (TPSA) is 58.7 Å². The summed E-state index contributed by atoms with van der Waals surface area (Å²) < 4.78 is 1.64. The van der Waals surface area contributed by atoms with Crippen LogP contribution in [0.3, 0.4) is 0 Å². The van der Waals surface area contributed by atoms with Crippen molar-refractivity contribution in [1.82, 2.24) is 9.55 Å². The first kappa shape index (κ1) is 16.3. The maximum absolute atomic E-state index is 13.2. The van der Waals surface area contributed by atoms with Crippen molar-refractivity contribution in [3.05, 3.63) is 63.9 Å². The molecule has 0 aliphatic heterocycles. The smallest absolute Gasteiger partial charge is 0.266 e. The van der Waals surface area contributed by atoms with E-state index in [2.05, 4.69) is 11.1 Å². The van der Waals surface area contributed by atoms with Gasteiger partial charge in [0.15, 0.2) is 5.16 Å². The Hall–Kier alpha value is -2.58. The van der Waals surface area contributed by atoms with Gasteiger partial charge in [0.25, 0.3) is 5.56 Å². The Bertz CT molecular complexity index is 997. The molecule has 0 saturated heterocycles. The molecule has 5 heteroatoms. The molecule has 1 aromatic heterocycles. The molecule has 1 heterocycles. The van der Waals surface area contributed by atoms with Crippen molar-refractivity contribution in [2.75, 3.05) is 0 Å². The molecule has 0 aliphatic rings. The lowest BCUT2D eigenvalue weighted by molar-refractivity contribution is 0.807. The third kappa shape index (κ3) is 2.81. The first-order chi connectivity index (χ1) is 11.5. The molecule has 1 atom stereocenters. The van der Waals surface area contributed by atoms with Crippen LogP contribution in [0.15, 0.2) is 52.4 Å². The highest BCUT2D eigenvalue weighted by Crippen LogP contribution is 2.27. The second kappa shape index (κ2) is 6.50. The molecule has 0 N–H and O–H groups in total. The molecule has 0 saturated carbocycles. The number of aryl methyl sites for hydroxylation is 2. The quantitative estimate of drug-likeness (QED) is 0.536.